The minimum atomic E-state index is -1.21. The number of benzene rings is 2. The summed E-state index contributed by atoms with van der Waals surface area (Å²) in [5.41, 5.74) is 1.47. The van der Waals surface area contributed by atoms with Crippen LogP contribution in [-0.2, 0) is 14.3 Å². The molecule has 2 aromatic heterocycles. The fourth-order valence-corrected chi connectivity index (χ4v) is 4.09. The van der Waals surface area contributed by atoms with Gasteiger partial charge in [-0.15, -0.1) is 0 Å². The lowest BCUT2D eigenvalue weighted by Crippen LogP contribution is -2.35. The molecule has 4 aromatic rings. The standard InChI is InChI=1S/C28H25FN6O4/c1-3-39-24(36)23-16(2)14-17-15-20(8-9-21(17)33-23)32-27-30-13-10-22(35-27)34-26(38)28(11-12-28)25(37)31-19-6-4-18(29)5-7-19/h4-10,13-15H,3,11-12H2,1-2H3,(H,31,37)(H2,30,32,34,35,38). The van der Waals surface area contributed by atoms with Gasteiger partial charge in [-0.2, -0.15) is 4.98 Å². The van der Waals surface area contributed by atoms with E-state index in [1.807, 2.05) is 12.1 Å². The number of anilines is 4. The van der Waals surface area contributed by atoms with Gasteiger partial charge in [0.05, 0.1) is 12.1 Å². The van der Waals surface area contributed by atoms with E-state index in [1.165, 1.54) is 36.5 Å². The van der Waals surface area contributed by atoms with Gasteiger partial charge in [0.25, 0.3) is 0 Å². The molecule has 1 saturated carbocycles. The number of amides is 2. The van der Waals surface area contributed by atoms with Crippen molar-refractivity contribution in [3.8, 4) is 0 Å². The molecular formula is C28H25FN6O4. The zero-order valence-corrected chi connectivity index (χ0v) is 21.2. The van der Waals surface area contributed by atoms with E-state index in [9.17, 15) is 18.8 Å². The van der Waals surface area contributed by atoms with Crippen LogP contribution in [0.2, 0.25) is 0 Å². The van der Waals surface area contributed by atoms with E-state index < -0.39 is 29.0 Å². The summed E-state index contributed by atoms with van der Waals surface area (Å²) in [6.45, 7) is 3.80. The Labute approximate surface area is 223 Å². The molecule has 0 unspecified atom stereocenters. The Balaban J connectivity index is 1.27. The molecule has 198 valence electrons. The summed E-state index contributed by atoms with van der Waals surface area (Å²) < 4.78 is 18.2. The van der Waals surface area contributed by atoms with E-state index in [-0.39, 0.29) is 24.1 Å². The zero-order chi connectivity index (χ0) is 27.6. The number of nitrogens with one attached hydrogen (secondary N) is 3. The molecule has 11 heteroatoms. The Morgan fingerprint density at radius 3 is 2.38 bits per heavy atom. The van der Waals surface area contributed by atoms with Crippen LogP contribution in [0.4, 0.5) is 27.5 Å². The summed E-state index contributed by atoms with van der Waals surface area (Å²) in [5.74, 6) is -1.34. The van der Waals surface area contributed by atoms with E-state index >= 15 is 0 Å². The van der Waals surface area contributed by atoms with E-state index in [0.717, 1.165) is 5.39 Å². The van der Waals surface area contributed by atoms with Crippen LogP contribution < -0.4 is 16.0 Å². The molecule has 0 spiro atoms. The Morgan fingerprint density at radius 2 is 1.67 bits per heavy atom. The van der Waals surface area contributed by atoms with Gasteiger partial charge in [-0.3, -0.25) is 9.59 Å². The lowest BCUT2D eigenvalue weighted by molar-refractivity contribution is -0.131. The predicted molar refractivity (Wildman–Crippen MR) is 143 cm³/mol. The maximum Gasteiger partial charge on any atom is 0.357 e. The van der Waals surface area contributed by atoms with E-state index in [2.05, 4.69) is 30.9 Å². The van der Waals surface area contributed by atoms with Crippen LogP contribution in [0.1, 0.15) is 35.8 Å². The van der Waals surface area contributed by atoms with Crippen molar-refractivity contribution in [2.24, 2.45) is 5.41 Å². The maximum absolute atomic E-state index is 13.1. The van der Waals surface area contributed by atoms with Crippen LogP contribution in [-0.4, -0.2) is 39.3 Å². The van der Waals surface area contributed by atoms with Gasteiger partial charge in [-0.05, 0) is 86.8 Å². The Hall–Kier alpha value is -4.93. The molecule has 5 rings (SSSR count). The van der Waals surface area contributed by atoms with Crippen LogP contribution in [0.15, 0.2) is 60.8 Å². The third-order valence-corrected chi connectivity index (χ3v) is 6.35. The third-order valence-electron chi connectivity index (χ3n) is 6.35. The normalized spacial score (nSPS) is 13.4. The van der Waals surface area contributed by atoms with Gasteiger partial charge < -0.3 is 20.7 Å². The van der Waals surface area contributed by atoms with Crippen molar-refractivity contribution in [1.29, 1.82) is 0 Å². The number of esters is 1. The number of carbonyl (C=O) groups excluding carboxylic acids is 3. The molecule has 0 aliphatic heterocycles. The Kier molecular flexibility index (Phi) is 6.88. The average molecular weight is 529 g/mol. The molecule has 2 aromatic carbocycles. The molecule has 0 saturated heterocycles. The van der Waals surface area contributed by atoms with Crippen LogP contribution in [0.3, 0.4) is 0 Å². The first kappa shape index (κ1) is 25.7. The summed E-state index contributed by atoms with van der Waals surface area (Å²) in [5, 5.41) is 9.28. The lowest BCUT2D eigenvalue weighted by atomic mass is 10.1. The number of carbonyl (C=O) groups is 3. The summed E-state index contributed by atoms with van der Waals surface area (Å²) in [6, 6.07) is 14.1. The second kappa shape index (κ2) is 10.4. The van der Waals surface area contributed by atoms with E-state index in [4.69, 9.17) is 4.74 Å². The Morgan fingerprint density at radius 1 is 0.949 bits per heavy atom. The van der Waals surface area contributed by atoms with E-state index in [0.29, 0.717) is 35.3 Å². The van der Waals surface area contributed by atoms with Crippen molar-refractivity contribution in [3.63, 3.8) is 0 Å². The quantitative estimate of drug-likeness (QED) is 0.220. The second-order valence-corrected chi connectivity index (χ2v) is 9.17. The molecule has 0 atom stereocenters. The van der Waals surface area contributed by atoms with E-state index in [1.54, 1.807) is 26.0 Å². The highest BCUT2D eigenvalue weighted by molar-refractivity contribution is 6.16. The van der Waals surface area contributed by atoms with Crippen LogP contribution in [0, 0.1) is 18.2 Å². The SMILES string of the molecule is CCOC(=O)c1nc2ccc(Nc3nccc(NC(=O)C4(C(=O)Nc5ccc(F)cc5)CC4)n3)cc2cc1C. The summed E-state index contributed by atoms with van der Waals surface area (Å²) in [6.07, 6.45) is 2.27. The highest BCUT2D eigenvalue weighted by Crippen LogP contribution is 2.47. The number of aromatic nitrogens is 3. The monoisotopic (exact) mass is 528 g/mol. The molecule has 0 bridgehead atoms. The molecule has 1 aliphatic rings. The topological polar surface area (TPSA) is 135 Å². The van der Waals surface area contributed by atoms with Crippen molar-refractivity contribution in [2.45, 2.75) is 26.7 Å². The van der Waals surface area contributed by atoms with Crippen LogP contribution in [0.25, 0.3) is 10.9 Å². The van der Waals surface area contributed by atoms with Crippen LogP contribution in [0.5, 0.6) is 0 Å². The molecule has 1 fully saturated rings. The van der Waals surface area contributed by atoms with Gasteiger partial charge in [0.1, 0.15) is 17.1 Å². The molecule has 0 radical (unpaired) electrons. The highest BCUT2D eigenvalue weighted by Gasteiger charge is 2.56. The number of hydrogen-bond donors (Lipinski definition) is 3. The summed E-state index contributed by atoms with van der Waals surface area (Å²) in [7, 11) is 0. The number of rotatable bonds is 8. The molecule has 10 nitrogen and oxygen atoms in total. The number of fused-ring (bicyclic) bond motifs is 1. The summed E-state index contributed by atoms with van der Waals surface area (Å²) in [4.78, 5) is 50.9. The molecule has 3 N–H and O–H groups in total. The molecular weight excluding hydrogens is 503 g/mol. The number of ether oxygens (including phenoxy) is 1. The molecule has 2 amide bonds. The van der Waals surface area contributed by atoms with Crippen molar-refractivity contribution < 1.29 is 23.5 Å². The first-order valence-corrected chi connectivity index (χ1v) is 12.3. The highest BCUT2D eigenvalue weighted by atomic mass is 19.1. The second-order valence-electron chi connectivity index (χ2n) is 9.17. The number of hydrogen-bond acceptors (Lipinski definition) is 8. The van der Waals surface area contributed by atoms with Crippen LogP contribution >= 0.6 is 0 Å². The van der Waals surface area contributed by atoms with Crippen molar-refractivity contribution in [1.82, 2.24) is 15.0 Å². The molecule has 1 aliphatic carbocycles. The number of pyridine rings is 1. The van der Waals surface area contributed by atoms with Crippen molar-refractivity contribution in [2.75, 3.05) is 22.6 Å². The lowest BCUT2D eigenvalue weighted by Gasteiger charge is -2.15. The predicted octanol–water partition coefficient (Wildman–Crippen LogP) is 4.75. The first-order chi connectivity index (χ1) is 18.8. The fraction of sp³-hybridized carbons (Fsp3) is 0.214. The van der Waals surface area contributed by atoms with Gasteiger partial charge in [-0.25, -0.2) is 19.2 Å². The minimum Gasteiger partial charge on any atom is -0.461 e. The molecule has 39 heavy (non-hydrogen) atoms. The maximum atomic E-state index is 13.1. The summed E-state index contributed by atoms with van der Waals surface area (Å²) >= 11 is 0. The fourth-order valence-electron chi connectivity index (χ4n) is 4.09. The van der Waals surface area contributed by atoms with Crippen molar-refractivity contribution in [3.05, 3.63) is 77.9 Å². The number of nitrogens with zero attached hydrogens (tertiary/aromatic N) is 3. The minimum absolute atomic E-state index is 0.232. The van der Waals surface area contributed by atoms with Gasteiger partial charge in [0.2, 0.25) is 17.8 Å². The number of aryl methyl sites for hydroxylation is 1. The third kappa shape index (κ3) is 5.52. The van der Waals surface area contributed by atoms with Gasteiger partial charge in [0.15, 0.2) is 5.69 Å². The first-order valence-electron chi connectivity index (χ1n) is 12.3. The Bertz CT molecular complexity index is 1590. The zero-order valence-electron chi connectivity index (χ0n) is 21.2. The van der Waals surface area contributed by atoms with Gasteiger partial charge in [0, 0.05) is 23.0 Å². The van der Waals surface area contributed by atoms with Crippen molar-refractivity contribution >= 4 is 51.8 Å². The molecule has 2 heterocycles. The smallest absolute Gasteiger partial charge is 0.357 e. The largest absolute Gasteiger partial charge is 0.461 e. The number of halogens is 1. The van der Waals surface area contributed by atoms with Gasteiger partial charge >= 0.3 is 5.97 Å². The average Bonchev–Trinajstić information content (AvgIpc) is 3.72. The van der Waals surface area contributed by atoms with Gasteiger partial charge in [-0.1, -0.05) is 0 Å².